The largest absolute Gasteiger partial charge is 0.462 e. The van der Waals surface area contributed by atoms with Crippen molar-refractivity contribution >= 4 is 94.8 Å². The normalized spacial score (nSPS) is 14.5. The maximum Gasteiger partial charge on any atom is 0.318 e. The lowest BCUT2D eigenvalue weighted by Crippen LogP contribution is -2.47. The van der Waals surface area contributed by atoms with Crippen LogP contribution in [0.1, 0.15) is 145 Å². The molecule has 1 heterocycles. The minimum absolute atomic E-state index is 0.0387. The third kappa shape index (κ3) is 47.8. The highest BCUT2D eigenvalue weighted by Gasteiger charge is 2.22. The molecule has 90 heavy (non-hydrogen) atoms. The van der Waals surface area contributed by atoms with Crippen molar-refractivity contribution in [3.05, 3.63) is 48.6 Å². The Morgan fingerprint density at radius 3 is 0.789 bits per heavy atom. The Hall–Kier alpha value is -4.04. The van der Waals surface area contributed by atoms with Crippen molar-refractivity contribution in [2.75, 3.05) is 154 Å². The molecule has 1 fully saturated rings. The van der Waals surface area contributed by atoms with Crippen LogP contribution in [0.3, 0.4) is 0 Å². The number of ether oxygens (including phenoxy) is 8. The van der Waals surface area contributed by atoms with Gasteiger partial charge in [-0.3, -0.25) is 38.4 Å². The van der Waals surface area contributed by atoms with Crippen molar-refractivity contribution in [2.45, 2.75) is 166 Å². The molecule has 1 saturated heterocycles. The molecule has 4 atom stereocenters. The van der Waals surface area contributed by atoms with E-state index in [1.165, 1.54) is 47.0 Å². The van der Waals surface area contributed by atoms with E-state index >= 15 is 0 Å². The monoisotopic (exact) mass is 1340 g/mol. The van der Waals surface area contributed by atoms with Gasteiger partial charge in [0, 0.05) is 75.4 Å². The average molecular weight is 1350 g/mol. The molecule has 1 rings (SSSR count). The van der Waals surface area contributed by atoms with E-state index in [-0.39, 0.29) is 123 Å². The lowest BCUT2D eigenvalue weighted by molar-refractivity contribution is -0.152. The van der Waals surface area contributed by atoms with E-state index in [9.17, 15) is 38.4 Å². The van der Waals surface area contributed by atoms with Gasteiger partial charge >= 0.3 is 47.8 Å². The van der Waals surface area contributed by atoms with Crippen LogP contribution in [-0.2, 0) is 76.3 Å². The van der Waals surface area contributed by atoms with Crippen molar-refractivity contribution in [2.24, 2.45) is 0 Å². The van der Waals surface area contributed by atoms with Gasteiger partial charge in [0.25, 0.3) is 0 Å². The summed E-state index contributed by atoms with van der Waals surface area (Å²) < 4.78 is 43.0. The number of hydrogen-bond acceptors (Lipinski definition) is 24. The highest BCUT2D eigenvalue weighted by molar-refractivity contribution is 8.01. The predicted octanol–water partition coefficient (Wildman–Crippen LogP) is 9.81. The lowest BCUT2D eigenvalue weighted by atomic mass is 10.2. The quantitative estimate of drug-likeness (QED) is 0.0239. The predicted molar refractivity (Wildman–Crippen MR) is 365 cm³/mol. The first-order valence-electron chi connectivity index (χ1n) is 32.8. The number of carbonyl (C=O) groups is 8. The van der Waals surface area contributed by atoms with E-state index in [4.69, 9.17) is 37.9 Å². The van der Waals surface area contributed by atoms with Gasteiger partial charge in [-0.25, -0.2) is 0 Å². The molecule has 516 valence electrons. The van der Waals surface area contributed by atoms with E-state index < -0.39 is 23.9 Å². The highest BCUT2D eigenvalue weighted by atomic mass is 32.2. The van der Waals surface area contributed by atoms with E-state index in [1.807, 2.05) is 34.1 Å². The van der Waals surface area contributed by atoms with Crippen LogP contribution in [0.15, 0.2) is 48.6 Å². The molecule has 0 N–H and O–H groups in total. The minimum Gasteiger partial charge on any atom is -0.462 e. The second-order valence-electron chi connectivity index (χ2n) is 21.6. The molecule has 0 spiro atoms. The summed E-state index contributed by atoms with van der Waals surface area (Å²) in [6.45, 7) is 22.9. The third-order valence-electron chi connectivity index (χ3n) is 13.8. The number of allylic oxidation sites excluding steroid dienone is 4. The molecule has 0 radical (unpaired) electrons. The van der Waals surface area contributed by atoms with Gasteiger partial charge in [-0.2, -0.15) is 0 Å². The maximum absolute atomic E-state index is 12.9. The SMILES string of the molecule is CCC/C=C/CSC(C)C(=O)OCCOC(=O)CCN(CCCN1CCN(CCCN(CCC(=O)OCCOC(=O)C(C)SC/C=C/CCC)CCC(=O)OCCOC(=O)C(C)SC/C=C/CCC)CC1)CCC(=O)OCCOC(=O)C(C)SC/C=C/CCC. The standard InChI is InChI=1S/C66H112N4O16S4/c1-9-13-17-21-51-87-55(5)63(75)83-47-43-79-59(71)27-35-67(36-28-60(72)80-44-48-84-64(76)56(6)88-52-22-18-14-10-2)31-25-33-69-39-41-70(42-40-69)34-26-32-68(37-29-61(73)81-45-49-85-65(77)57(7)89-53-23-19-15-11-3)38-30-62(74)82-46-50-86-66(78)58(8)90-54-24-20-16-12-4/h17-24,55-58H,9-16,25-54H2,1-8H3/b21-17+,22-18+,23-19+,24-20+. The van der Waals surface area contributed by atoms with Crippen molar-refractivity contribution in [3.63, 3.8) is 0 Å². The third-order valence-corrected chi connectivity index (χ3v) is 18.1. The molecule has 0 aromatic carbocycles. The number of hydrogen-bond donors (Lipinski definition) is 0. The van der Waals surface area contributed by atoms with E-state index in [0.29, 0.717) is 62.3 Å². The smallest absolute Gasteiger partial charge is 0.318 e. The second-order valence-corrected chi connectivity index (χ2v) is 27.1. The maximum atomic E-state index is 12.9. The van der Waals surface area contributed by atoms with Crippen LogP contribution in [-0.4, -0.2) is 243 Å². The summed E-state index contributed by atoms with van der Waals surface area (Å²) in [5.41, 5.74) is 0. The van der Waals surface area contributed by atoms with Gasteiger partial charge in [0.15, 0.2) is 0 Å². The molecule has 24 heteroatoms. The van der Waals surface area contributed by atoms with Crippen molar-refractivity contribution in [1.29, 1.82) is 0 Å². The molecule has 0 amide bonds. The second kappa shape index (κ2) is 57.6. The van der Waals surface area contributed by atoms with Gasteiger partial charge in [-0.15, -0.1) is 47.0 Å². The Kier molecular flexibility index (Phi) is 53.8. The van der Waals surface area contributed by atoms with Crippen LogP contribution in [0, 0.1) is 0 Å². The van der Waals surface area contributed by atoms with Crippen LogP contribution in [0.25, 0.3) is 0 Å². The summed E-state index contributed by atoms with van der Waals surface area (Å²) in [7, 11) is 0. The van der Waals surface area contributed by atoms with Crippen LogP contribution < -0.4 is 0 Å². The highest BCUT2D eigenvalue weighted by Crippen LogP contribution is 2.17. The first kappa shape index (κ1) is 84.0. The zero-order valence-corrected chi connectivity index (χ0v) is 59.0. The van der Waals surface area contributed by atoms with E-state index in [1.54, 1.807) is 27.7 Å². The van der Waals surface area contributed by atoms with Gasteiger partial charge in [-0.1, -0.05) is 102 Å². The fraction of sp³-hybridized carbons (Fsp3) is 0.758. The van der Waals surface area contributed by atoms with Gasteiger partial charge in [0.05, 0.1) is 46.7 Å². The number of esters is 8. The number of rotatable bonds is 56. The molecule has 0 aliphatic carbocycles. The number of nitrogens with zero attached hydrogens (tertiary/aromatic N) is 4. The van der Waals surface area contributed by atoms with Crippen molar-refractivity contribution < 1.29 is 76.3 Å². The molecule has 0 saturated carbocycles. The van der Waals surface area contributed by atoms with Crippen LogP contribution in [0.5, 0.6) is 0 Å². The van der Waals surface area contributed by atoms with Gasteiger partial charge in [0.2, 0.25) is 0 Å². The molecule has 0 bridgehead atoms. The number of piperazine rings is 1. The Labute approximate surface area is 556 Å². The zero-order chi connectivity index (χ0) is 66.2. The average Bonchev–Trinajstić information content (AvgIpc) is 3.47. The Morgan fingerprint density at radius 1 is 0.344 bits per heavy atom. The van der Waals surface area contributed by atoms with E-state index in [2.05, 4.69) is 61.8 Å². The van der Waals surface area contributed by atoms with Gasteiger partial charge in [0.1, 0.15) is 52.9 Å². The fourth-order valence-corrected chi connectivity index (χ4v) is 11.3. The summed E-state index contributed by atoms with van der Waals surface area (Å²) in [5.74, 6) is -0.337. The molecule has 1 aliphatic rings. The molecule has 0 aromatic rings. The number of unbranched alkanes of at least 4 members (excludes halogenated alkanes) is 4. The summed E-state index contributed by atoms with van der Waals surface area (Å²) in [6, 6.07) is 0. The first-order chi connectivity index (χ1) is 43.5. The van der Waals surface area contributed by atoms with E-state index in [0.717, 1.165) is 103 Å². The summed E-state index contributed by atoms with van der Waals surface area (Å²) in [6.07, 6.45) is 26.7. The molecular weight excluding hydrogens is 1230 g/mol. The molecule has 4 unspecified atom stereocenters. The molecule has 0 aromatic heterocycles. The van der Waals surface area contributed by atoms with Crippen molar-refractivity contribution in [3.8, 4) is 0 Å². The molecular formula is C66H112N4O16S4. The fourth-order valence-electron chi connectivity index (χ4n) is 8.37. The topological polar surface area (TPSA) is 223 Å². The van der Waals surface area contributed by atoms with Crippen molar-refractivity contribution in [1.82, 2.24) is 19.6 Å². The number of carbonyl (C=O) groups excluding carboxylic acids is 8. The van der Waals surface area contributed by atoms with Gasteiger partial charge < -0.3 is 57.5 Å². The number of thioether (sulfide) groups is 4. The first-order valence-corrected chi connectivity index (χ1v) is 37.0. The van der Waals surface area contributed by atoms with Crippen LogP contribution >= 0.6 is 47.0 Å². The summed E-state index contributed by atoms with van der Waals surface area (Å²) in [4.78, 5) is 110. The molecule has 20 nitrogen and oxygen atoms in total. The Bertz CT molecular complexity index is 1810. The van der Waals surface area contributed by atoms with Crippen LogP contribution in [0.4, 0.5) is 0 Å². The Morgan fingerprint density at radius 2 is 0.567 bits per heavy atom. The summed E-state index contributed by atoms with van der Waals surface area (Å²) >= 11 is 5.93. The lowest BCUT2D eigenvalue weighted by Gasteiger charge is -2.35. The molecule has 1 aliphatic heterocycles. The minimum atomic E-state index is -0.437. The Balaban J connectivity index is 2.78. The summed E-state index contributed by atoms with van der Waals surface area (Å²) in [5, 5.41) is -1.39. The zero-order valence-electron chi connectivity index (χ0n) is 55.8. The van der Waals surface area contributed by atoms with Crippen LogP contribution in [0.2, 0.25) is 0 Å². The van der Waals surface area contributed by atoms with Gasteiger partial charge in [-0.05, 0) is 92.4 Å².